The number of aliphatic carboxylic acids is 1. The zero-order chi connectivity index (χ0) is 15.8. The molecule has 0 heterocycles. The van der Waals surface area contributed by atoms with Gasteiger partial charge in [-0.1, -0.05) is 6.92 Å². The second kappa shape index (κ2) is 8.14. The van der Waals surface area contributed by atoms with E-state index in [1.54, 1.807) is 18.2 Å². The van der Waals surface area contributed by atoms with Crippen LogP contribution < -0.4 is 15.8 Å². The molecule has 1 amide bonds. The molecule has 0 spiro atoms. The number of carbonyl (C=O) groups excluding carboxylic acids is 1. The van der Waals surface area contributed by atoms with Gasteiger partial charge in [0.05, 0.1) is 12.7 Å². The number of nitrogens with two attached hydrogens (primary N) is 1. The van der Waals surface area contributed by atoms with Crippen LogP contribution in [0, 0.1) is 5.92 Å². The Morgan fingerprint density at radius 3 is 2.71 bits per heavy atom. The third-order valence-electron chi connectivity index (χ3n) is 3.24. The topological polar surface area (TPSA) is 102 Å². The third-order valence-corrected chi connectivity index (χ3v) is 3.24. The average Bonchev–Trinajstić information content (AvgIpc) is 2.44. The number of ether oxygens (including phenoxy) is 1. The molecular formula is C15H22N2O4. The normalized spacial score (nSPS) is 11.7. The summed E-state index contributed by atoms with van der Waals surface area (Å²) in [4.78, 5) is 22.5. The summed E-state index contributed by atoms with van der Waals surface area (Å²) in [6.07, 6.45) is 1.49. The number of methoxy groups -OCH3 is 1. The van der Waals surface area contributed by atoms with Crippen molar-refractivity contribution in [2.24, 2.45) is 5.92 Å². The van der Waals surface area contributed by atoms with E-state index in [2.05, 4.69) is 5.32 Å². The maximum Gasteiger partial charge on any atom is 0.303 e. The molecule has 116 valence electrons. The summed E-state index contributed by atoms with van der Waals surface area (Å²) in [7, 11) is 1.49. The molecule has 1 rings (SSSR count). The second-order valence-electron chi connectivity index (χ2n) is 5.04. The number of carbonyl (C=O) groups is 2. The molecule has 0 saturated heterocycles. The Morgan fingerprint density at radius 2 is 2.10 bits per heavy atom. The number of rotatable bonds is 8. The largest absolute Gasteiger partial charge is 0.496 e. The minimum atomic E-state index is -0.794. The molecule has 0 saturated carbocycles. The second-order valence-corrected chi connectivity index (χ2v) is 5.04. The SMILES string of the molecule is COc1cc(N)ccc1C(=O)NCCC(C)CCC(=O)O. The summed E-state index contributed by atoms with van der Waals surface area (Å²) in [6.45, 7) is 2.46. The number of anilines is 1. The molecule has 0 aliphatic rings. The first kappa shape index (κ1) is 16.8. The van der Waals surface area contributed by atoms with Crippen LogP contribution in [0.1, 0.15) is 36.5 Å². The van der Waals surface area contributed by atoms with Crippen LogP contribution in [0.3, 0.4) is 0 Å². The lowest BCUT2D eigenvalue weighted by atomic mass is 10.0. The highest BCUT2D eigenvalue weighted by Crippen LogP contribution is 2.21. The van der Waals surface area contributed by atoms with Crippen LogP contribution in [-0.4, -0.2) is 30.6 Å². The van der Waals surface area contributed by atoms with Crippen LogP contribution in [0.15, 0.2) is 18.2 Å². The lowest BCUT2D eigenvalue weighted by molar-refractivity contribution is -0.137. The highest BCUT2D eigenvalue weighted by molar-refractivity contribution is 5.97. The molecule has 0 radical (unpaired) electrons. The van der Waals surface area contributed by atoms with Crippen molar-refractivity contribution in [3.63, 3.8) is 0 Å². The fourth-order valence-corrected chi connectivity index (χ4v) is 1.94. The van der Waals surface area contributed by atoms with Gasteiger partial charge >= 0.3 is 5.97 Å². The molecular weight excluding hydrogens is 272 g/mol. The van der Waals surface area contributed by atoms with Crippen molar-refractivity contribution in [3.05, 3.63) is 23.8 Å². The predicted octanol–water partition coefficient (Wildman–Crippen LogP) is 1.90. The van der Waals surface area contributed by atoms with Crippen LogP contribution in [0.4, 0.5) is 5.69 Å². The number of amides is 1. The highest BCUT2D eigenvalue weighted by Gasteiger charge is 2.12. The van der Waals surface area contributed by atoms with Crippen molar-refractivity contribution in [3.8, 4) is 5.75 Å². The molecule has 4 N–H and O–H groups in total. The Morgan fingerprint density at radius 1 is 1.38 bits per heavy atom. The zero-order valence-corrected chi connectivity index (χ0v) is 12.4. The van der Waals surface area contributed by atoms with Crippen LogP contribution >= 0.6 is 0 Å². The number of nitrogen functional groups attached to an aromatic ring is 1. The van der Waals surface area contributed by atoms with E-state index >= 15 is 0 Å². The quantitative estimate of drug-likeness (QED) is 0.636. The number of hydrogen-bond acceptors (Lipinski definition) is 4. The third kappa shape index (κ3) is 5.72. The van der Waals surface area contributed by atoms with Gasteiger partial charge in [0, 0.05) is 24.7 Å². The summed E-state index contributed by atoms with van der Waals surface area (Å²) < 4.78 is 5.13. The summed E-state index contributed by atoms with van der Waals surface area (Å²) in [5.74, 6) is -0.337. The fourth-order valence-electron chi connectivity index (χ4n) is 1.94. The average molecular weight is 294 g/mol. The minimum absolute atomic E-state index is 0.154. The summed E-state index contributed by atoms with van der Waals surface area (Å²) in [6, 6.07) is 4.87. The maximum atomic E-state index is 12.1. The van der Waals surface area contributed by atoms with E-state index in [1.165, 1.54) is 7.11 Å². The van der Waals surface area contributed by atoms with Gasteiger partial charge in [-0.25, -0.2) is 0 Å². The summed E-state index contributed by atoms with van der Waals surface area (Å²) in [5.41, 5.74) is 6.61. The van der Waals surface area contributed by atoms with E-state index in [9.17, 15) is 9.59 Å². The molecule has 0 aliphatic heterocycles. The smallest absolute Gasteiger partial charge is 0.303 e. The van der Waals surface area contributed by atoms with Gasteiger partial charge in [0.15, 0.2) is 0 Å². The minimum Gasteiger partial charge on any atom is -0.496 e. The van der Waals surface area contributed by atoms with Gasteiger partial charge in [0.2, 0.25) is 0 Å². The number of carboxylic acids is 1. The van der Waals surface area contributed by atoms with E-state index in [4.69, 9.17) is 15.6 Å². The molecule has 0 aliphatic carbocycles. The van der Waals surface area contributed by atoms with Gasteiger partial charge in [-0.15, -0.1) is 0 Å². The van der Waals surface area contributed by atoms with Crippen molar-refractivity contribution in [1.82, 2.24) is 5.32 Å². The Hall–Kier alpha value is -2.24. The van der Waals surface area contributed by atoms with Gasteiger partial charge < -0.3 is 20.9 Å². The van der Waals surface area contributed by atoms with Crippen LogP contribution in [0.25, 0.3) is 0 Å². The number of nitrogens with one attached hydrogen (secondary N) is 1. The molecule has 0 fully saturated rings. The Balaban J connectivity index is 2.45. The Labute approximate surface area is 124 Å². The monoisotopic (exact) mass is 294 g/mol. The lowest BCUT2D eigenvalue weighted by Crippen LogP contribution is -2.26. The van der Waals surface area contributed by atoms with Gasteiger partial charge in [0.25, 0.3) is 5.91 Å². The van der Waals surface area contributed by atoms with Crippen molar-refractivity contribution < 1.29 is 19.4 Å². The first-order valence-electron chi connectivity index (χ1n) is 6.87. The van der Waals surface area contributed by atoms with Gasteiger partial charge in [-0.2, -0.15) is 0 Å². The van der Waals surface area contributed by atoms with Crippen molar-refractivity contribution in [1.29, 1.82) is 0 Å². The molecule has 0 bridgehead atoms. The molecule has 1 aromatic rings. The molecule has 21 heavy (non-hydrogen) atoms. The van der Waals surface area contributed by atoms with Crippen molar-refractivity contribution in [2.75, 3.05) is 19.4 Å². The summed E-state index contributed by atoms with van der Waals surface area (Å²) in [5, 5.41) is 11.4. The number of hydrogen-bond donors (Lipinski definition) is 3. The van der Waals surface area contributed by atoms with E-state index in [1.807, 2.05) is 6.92 Å². The van der Waals surface area contributed by atoms with E-state index < -0.39 is 5.97 Å². The molecule has 6 nitrogen and oxygen atoms in total. The first-order valence-corrected chi connectivity index (χ1v) is 6.87. The van der Waals surface area contributed by atoms with E-state index in [0.717, 1.165) is 6.42 Å². The maximum absolute atomic E-state index is 12.1. The predicted molar refractivity (Wildman–Crippen MR) is 80.4 cm³/mol. The van der Waals surface area contributed by atoms with E-state index in [0.29, 0.717) is 30.0 Å². The van der Waals surface area contributed by atoms with Crippen molar-refractivity contribution >= 4 is 17.6 Å². The van der Waals surface area contributed by atoms with Crippen LogP contribution in [0.2, 0.25) is 0 Å². The van der Waals surface area contributed by atoms with Crippen LogP contribution in [-0.2, 0) is 4.79 Å². The molecule has 6 heteroatoms. The van der Waals surface area contributed by atoms with Gasteiger partial charge in [0.1, 0.15) is 5.75 Å². The van der Waals surface area contributed by atoms with E-state index in [-0.39, 0.29) is 18.2 Å². The molecule has 1 atom stereocenters. The number of benzene rings is 1. The first-order chi connectivity index (χ1) is 9.93. The van der Waals surface area contributed by atoms with Gasteiger partial charge in [-0.05, 0) is 30.9 Å². The Kier molecular flexibility index (Phi) is 6.52. The zero-order valence-electron chi connectivity index (χ0n) is 12.4. The lowest BCUT2D eigenvalue weighted by Gasteiger charge is -2.12. The van der Waals surface area contributed by atoms with Crippen LogP contribution in [0.5, 0.6) is 5.75 Å². The molecule has 0 aromatic heterocycles. The fraction of sp³-hybridized carbons (Fsp3) is 0.467. The molecule has 1 unspecified atom stereocenters. The summed E-state index contributed by atoms with van der Waals surface area (Å²) >= 11 is 0. The Bertz CT molecular complexity index is 502. The highest BCUT2D eigenvalue weighted by atomic mass is 16.5. The standard InChI is InChI=1S/C15H22N2O4/c1-10(3-6-14(18)19)7-8-17-15(20)12-5-4-11(16)9-13(12)21-2/h4-5,9-10H,3,6-8,16H2,1-2H3,(H,17,20)(H,18,19). The van der Waals surface area contributed by atoms with Gasteiger partial charge in [-0.3, -0.25) is 9.59 Å². The number of carboxylic acid groups (broad SMARTS) is 1. The molecule has 1 aromatic carbocycles. The van der Waals surface area contributed by atoms with Crippen molar-refractivity contribution in [2.45, 2.75) is 26.2 Å².